The van der Waals surface area contributed by atoms with Gasteiger partial charge in [0.1, 0.15) is 11.5 Å². The molecule has 0 spiro atoms. The Kier molecular flexibility index (Phi) is 4.27. The lowest BCUT2D eigenvalue weighted by molar-refractivity contribution is 0.307. The van der Waals surface area contributed by atoms with E-state index in [2.05, 4.69) is 39.0 Å². The molecule has 0 unspecified atom stereocenters. The molecule has 4 nitrogen and oxygen atoms in total. The van der Waals surface area contributed by atoms with Crippen LogP contribution in [0.15, 0.2) is 22.7 Å². The van der Waals surface area contributed by atoms with Crippen molar-refractivity contribution >= 4 is 15.9 Å². The van der Waals surface area contributed by atoms with E-state index in [9.17, 15) is 4.39 Å². The summed E-state index contributed by atoms with van der Waals surface area (Å²) in [5.41, 5.74) is 3.40. The monoisotopic (exact) mass is 362 g/mol. The van der Waals surface area contributed by atoms with Gasteiger partial charge in [-0.3, -0.25) is 4.68 Å². The quantitative estimate of drug-likeness (QED) is 0.840. The van der Waals surface area contributed by atoms with Crippen LogP contribution in [0.1, 0.15) is 17.7 Å². The molecule has 0 aliphatic carbocycles. The van der Waals surface area contributed by atoms with Gasteiger partial charge in [0.25, 0.3) is 0 Å². The number of hydrogen-bond acceptors (Lipinski definition) is 3. The minimum absolute atomic E-state index is 0.274. The minimum atomic E-state index is -0.274. The molecule has 0 saturated carbocycles. The number of aromatic nitrogens is 2. The molecule has 22 heavy (non-hydrogen) atoms. The van der Waals surface area contributed by atoms with Crippen LogP contribution in [0.3, 0.4) is 0 Å². The topological polar surface area (TPSA) is 44.9 Å². The Bertz CT molecular complexity index is 747. The van der Waals surface area contributed by atoms with Crippen molar-refractivity contribution in [2.75, 3.05) is 13.6 Å². The van der Waals surface area contributed by atoms with Crippen LogP contribution in [0.5, 0.6) is 0 Å². The van der Waals surface area contributed by atoms with Crippen LogP contribution >= 0.6 is 15.9 Å². The first-order valence-corrected chi connectivity index (χ1v) is 7.99. The Morgan fingerprint density at radius 3 is 3.05 bits per heavy atom. The predicted octanol–water partition coefficient (Wildman–Crippen LogP) is 3.35. The number of aryl methyl sites for hydroxylation is 1. The van der Waals surface area contributed by atoms with Crippen molar-refractivity contribution in [3.63, 3.8) is 0 Å². The van der Waals surface area contributed by atoms with Gasteiger partial charge < -0.3 is 4.90 Å². The molecule has 0 fully saturated rings. The Labute approximate surface area is 137 Å². The molecule has 2 aromatic rings. The molecular weight excluding hydrogens is 347 g/mol. The lowest BCUT2D eigenvalue weighted by atomic mass is 10.0. The van der Waals surface area contributed by atoms with Crippen LogP contribution in [0.25, 0.3) is 11.3 Å². The predicted molar refractivity (Wildman–Crippen MR) is 85.6 cm³/mol. The number of nitrogens with zero attached hydrogens (tertiary/aromatic N) is 4. The van der Waals surface area contributed by atoms with Crippen LogP contribution in [0.4, 0.5) is 4.39 Å². The van der Waals surface area contributed by atoms with Crippen molar-refractivity contribution in [2.24, 2.45) is 0 Å². The fraction of sp³-hybridized carbons (Fsp3) is 0.375. The highest BCUT2D eigenvalue weighted by Crippen LogP contribution is 2.32. The summed E-state index contributed by atoms with van der Waals surface area (Å²) in [6, 6.07) is 7.05. The first kappa shape index (κ1) is 15.2. The number of hydrogen-bond donors (Lipinski definition) is 0. The maximum Gasteiger partial charge on any atom is 0.132 e. The van der Waals surface area contributed by atoms with E-state index in [1.165, 1.54) is 6.07 Å². The van der Waals surface area contributed by atoms with Gasteiger partial charge >= 0.3 is 0 Å². The van der Waals surface area contributed by atoms with Gasteiger partial charge in [0.2, 0.25) is 0 Å². The van der Waals surface area contributed by atoms with Crippen LogP contribution in [0, 0.1) is 17.1 Å². The number of nitriles is 1. The van der Waals surface area contributed by atoms with Crippen LogP contribution < -0.4 is 0 Å². The van der Waals surface area contributed by atoms with Crippen molar-refractivity contribution in [2.45, 2.75) is 25.9 Å². The Morgan fingerprint density at radius 2 is 2.27 bits per heavy atom. The van der Waals surface area contributed by atoms with Crippen LogP contribution in [-0.2, 0) is 19.5 Å². The Balaban J connectivity index is 2.13. The third-order valence-electron chi connectivity index (χ3n) is 3.94. The molecule has 0 N–H and O–H groups in total. The van der Waals surface area contributed by atoms with Crippen LogP contribution in [0.2, 0.25) is 0 Å². The summed E-state index contributed by atoms with van der Waals surface area (Å²) in [7, 11) is 2.05. The maximum absolute atomic E-state index is 14.2. The summed E-state index contributed by atoms with van der Waals surface area (Å²) in [6.45, 7) is 2.26. The zero-order valence-corrected chi connectivity index (χ0v) is 13.9. The van der Waals surface area contributed by atoms with Gasteiger partial charge in [0.05, 0.1) is 19.0 Å². The van der Waals surface area contributed by atoms with Gasteiger partial charge in [-0.25, -0.2) is 4.39 Å². The zero-order chi connectivity index (χ0) is 15.7. The van der Waals surface area contributed by atoms with E-state index >= 15 is 0 Å². The first-order chi connectivity index (χ1) is 10.6. The van der Waals surface area contributed by atoms with Gasteiger partial charge in [-0.15, -0.1) is 0 Å². The number of fused-ring (bicyclic) bond motifs is 1. The molecule has 1 aromatic carbocycles. The Morgan fingerprint density at radius 1 is 1.45 bits per heavy atom. The van der Waals surface area contributed by atoms with E-state index in [1.54, 1.807) is 12.1 Å². The van der Waals surface area contributed by atoms with Crippen molar-refractivity contribution in [1.82, 2.24) is 14.7 Å². The lowest BCUT2D eigenvalue weighted by Gasteiger charge is -2.23. The number of rotatable bonds is 3. The van der Waals surface area contributed by atoms with Crippen molar-refractivity contribution in [1.29, 1.82) is 5.26 Å². The second kappa shape index (κ2) is 6.19. The average Bonchev–Trinajstić information content (AvgIpc) is 2.85. The molecule has 114 valence electrons. The van der Waals surface area contributed by atoms with Gasteiger partial charge in [0, 0.05) is 40.8 Å². The highest BCUT2D eigenvalue weighted by atomic mass is 79.9. The fourth-order valence-electron chi connectivity index (χ4n) is 2.86. The smallest absolute Gasteiger partial charge is 0.132 e. The SMILES string of the molecule is CN1CCc2c(c(-c3cc(Br)ccc3F)nn2CCC#N)C1. The lowest BCUT2D eigenvalue weighted by Crippen LogP contribution is -2.27. The molecule has 0 radical (unpaired) electrons. The molecule has 1 aromatic heterocycles. The second-order valence-corrected chi connectivity index (χ2v) is 6.43. The molecule has 0 bridgehead atoms. The summed E-state index contributed by atoms with van der Waals surface area (Å²) in [4.78, 5) is 2.21. The average molecular weight is 363 g/mol. The molecule has 1 aliphatic rings. The van der Waals surface area contributed by atoms with Gasteiger partial charge in [-0.2, -0.15) is 10.4 Å². The molecular formula is C16H16BrFN4. The highest BCUT2D eigenvalue weighted by Gasteiger charge is 2.25. The number of likely N-dealkylation sites (N-methyl/N-ethyl adjacent to an activating group) is 1. The summed E-state index contributed by atoms with van der Waals surface area (Å²) in [6.07, 6.45) is 1.28. The zero-order valence-electron chi connectivity index (χ0n) is 12.3. The second-order valence-electron chi connectivity index (χ2n) is 5.52. The van der Waals surface area contributed by atoms with Gasteiger partial charge in [0.15, 0.2) is 0 Å². The van der Waals surface area contributed by atoms with Crippen LogP contribution in [-0.4, -0.2) is 28.3 Å². The molecule has 0 saturated heterocycles. The first-order valence-electron chi connectivity index (χ1n) is 7.19. The minimum Gasteiger partial charge on any atom is -0.302 e. The van der Waals surface area contributed by atoms with Crippen molar-refractivity contribution in [3.05, 3.63) is 39.7 Å². The van der Waals surface area contributed by atoms with Gasteiger partial charge in [-0.05, 0) is 25.2 Å². The Hall–Kier alpha value is -1.71. The van der Waals surface area contributed by atoms with E-state index in [0.717, 1.165) is 35.2 Å². The van der Waals surface area contributed by atoms with E-state index in [4.69, 9.17) is 5.26 Å². The molecule has 2 heterocycles. The fourth-order valence-corrected chi connectivity index (χ4v) is 3.22. The molecule has 0 amide bonds. The van der Waals surface area contributed by atoms with E-state index in [0.29, 0.717) is 24.2 Å². The molecule has 3 rings (SSSR count). The summed E-state index contributed by atoms with van der Waals surface area (Å²) >= 11 is 3.40. The number of benzene rings is 1. The van der Waals surface area contributed by atoms with Crippen molar-refractivity contribution in [3.8, 4) is 17.3 Å². The normalized spacial score (nSPS) is 14.6. The van der Waals surface area contributed by atoms with E-state index in [-0.39, 0.29) is 5.82 Å². The summed E-state index contributed by atoms with van der Waals surface area (Å²) < 4.78 is 17.0. The molecule has 6 heteroatoms. The molecule has 1 aliphatic heterocycles. The van der Waals surface area contributed by atoms with Crippen molar-refractivity contribution < 1.29 is 4.39 Å². The number of halogens is 2. The maximum atomic E-state index is 14.2. The van der Waals surface area contributed by atoms with E-state index < -0.39 is 0 Å². The molecule has 0 atom stereocenters. The third-order valence-corrected chi connectivity index (χ3v) is 4.44. The largest absolute Gasteiger partial charge is 0.302 e. The standard InChI is InChI=1S/C16H16BrFN4/c1-21-8-5-15-13(10-21)16(20-22(15)7-2-6-19)12-9-11(17)3-4-14(12)18/h3-4,9H,2,5,7-8,10H2,1H3. The van der Waals surface area contributed by atoms with E-state index in [1.807, 2.05) is 4.68 Å². The third kappa shape index (κ3) is 2.79. The highest BCUT2D eigenvalue weighted by molar-refractivity contribution is 9.10. The van der Waals surface area contributed by atoms with Gasteiger partial charge in [-0.1, -0.05) is 15.9 Å². The summed E-state index contributed by atoms with van der Waals surface area (Å²) in [5.74, 6) is -0.274. The summed E-state index contributed by atoms with van der Waals surface area (Å²) in [5, 5.41) is 13.4.